The Morgan fingerprint density at radius 1 is 1.20 bits per heavy atom. The molecule has 0 bridgehead atoms. The molecule has 5 aromatic rings. The Balaban J connectivity index is 1.26. The molecule has 0 radical (unpaired) electrons. The molecule has 1 aliphatic rings. The minimum atomic E-state index is -0.591. The standard InChI is InChI=1S/C28H22N6O5S/c1-14-6-21-25(37-12-18(39-21)13-38-28(35)32-17-4-5-30-15(2)7-17)26-23(14)34-27(40-26)19-8-16(10-29)9-20-24(19)31-11-22(33-20)36-3/h4-9,11,18H,12-13H2,1-3H3,(H,30,32,35)/t18-/m1/s1. The molecule has 0 unspecified atom stereocenters. The molecule has 0 saturated heterocycles. The SMILES string of the molecule is COc1cnc2c(-c3nc4c(C)cc5c(c4s3)OC[C@H](COC(=O)Nc3ccnc(C)c3)O5)cc(C#N)cc2n1. The van der Waals surface area contributed by atoms with Gasteiger partial charge in [-0.2, -0.15) is 5.26 Å². The number of aromatic nitrogens is 4. The molecule has 1 N–H and O–H groups in total. The number of carbonyl (C=O) groups excluding carboxylic acids is 1. The van der Waals surface area contributed by atoms with Gasteiger partial charge in [-0.25, -0.2) is 19.7 Å². The van der Waals surface area contributed by atoms with E-state index in [9.17, 15) is 10.1 Å². The Morgan fingerprint density at radius 2 is 2.08 bits per heavy atom. The predicted molar refractivity (Wildman–Crippen MR) is 148 cm³/mol. The molecular formula is C28H22N6O5S. The first-order chi connectivity index (χ1) is 19.4. The van der Waals surface area contributed by atoms with Crippen molar-refractivity contribution in [2.45, 2.75) is 20.0 Å². The van der Waals surface area contributed by atoms with E-state index >= 15 is 0 Å². The van der Waals surface area contributed by atoms with Crippen LogP contribution in [0.2, 0.25) is 0 Å². The maximum absolute atomic E-state index is 12.3. The number of thiazole rings is 1. The summed E-state index contributed by atoms with van der Waals surface area (Å²) in [5.74, 6) is 1.48. The quantitative estimate of drug-likeness (QED) is 0.309. The van der Waals surface area contributed by atoms with Gasteiger partial charge in [0.05, 0.1) is 41.5 Å². The number of rotatable bonds is 5. The minimum absolute atomic E-state index is 0.00936. The van der Waals surface area contributed by atoms with Crippen LogP contribution < -0.4 is 19.5 Å². The number of nitriles is 1. The van der Waals surface area contributed by atoms with Gasteiger partial charge in [0.2, 0.25) is 5.88 Å². The van der Waals surface area contributed by atoms with E-state index in [1.165, 1.54) is 24.6 Å². The average molecular weight is 555 g/mol. The zero-order valence-electron chi connectivity index (χ0n) is 21.7. The van der Waals surface area contributed by atoms with E-state index in [-0.39, 0.29) is 13.2 Å². The van der Waals surface area contributed by atoms with Crippen molar-refractivity contribution < 1.29 is 23.7 Å². The van der Waals surface area contributed by atoms with Gasteiger partial charge in [-0.1, -0.05) is 0 Å². The number of nitrogens with one attached hydrogen (secondary N) is 1. The maximum Gasteiger partial charge on any atom is 0.411 e. The average Bonchev–Trinajstić information content (AvgIpc) is 3.41. The van der Waals surface area contributed by atoms with Gasteiger partial charge in [-0.05, 0) is 49.7 Å². The van der Waals surface area contributed by atoms with E-state index in [0.717, 1.165) is 21.5 Å². The van der Waals surface area contributed by atoms with Crippen LogP contribution in [-0.4, -0.2) is 52.5 Å². The summed E-state index contributed by atoms with van der Waals surface area (Å²) in [6, 6.07) is 10.9. The van der Waals surface area contributed by atoms with Gasteiger partial charge in [0.1, 0.15) is 22.9 Å². The third-order valence-electron chi connectivity index (χ3n) is 6.22. The third-order valence-corrected chi connectivity index (χ3v) is 7.31. The molecule has 1 atom stereocenters. The number of anilines is 1. The normalized spacial score (nSPS) is 14.1. The molecule has 11 nitrogen and oxygen atoms in total. The van der Waals surface area contributed by atoms with Crippen molar-refractivity contribution in [1.29, 1.82) is 5.26 Å². The van der Waals surface area contributed by atoms with Gasteiger partial charge < -0.3 is 18.9 Å². The second kappa shape index (κ2) is 10.3. The summed E-state index contributed by atoms with van der Waals surface area (Å²) in [7, 11) is 1.52. The largest absolute Gasteiger partial charge is 0.484 e. The number of pyridine rings is 1. The van der Waals surface area contributed by atoms with Crippen LogP contribution in [0.4, 0.5) is 10.5 Å². The van der Waals surface area contributed by atoms with E-state index in [1.807, 2.05) is 19.9 Å². The van der Waals surface area contributed by atoms with Crippen molar-refractivity contribution in [3.63, 3.8) is 0 Å². The number of amides is 1. The molecule has 12 heteroatoms. The molecule has 0 fully saturated rings. The van der Waals surface area contributed by atoms with Crippen LogP contribution in [0.25, 0.3) is 31.8 Å². The van der Waals surface area contributed by atoms with Gasteiger partial charge in [0, 0.05) is 23.1 Å². The molecule has 3 aromatic heterocycles. The lowest BCUT2D eigenvalue weighted by molar-refractivity contribution is 0.0383. The molecule has 40 heavy (non-hydrogen) atoms. The lowest BCUT2D eigenvalue weighted by atomic mass is 10.1. The molecule has 6 rings (SSSR count). The summed E-state index contributed by atoms with van der Waals surface area (Å²) in [4.78, 5) is 30.2. The molecule has 2 aromatic carbocycles. The highest BCUT2D eigenvalue weighted by molar-refractivity contribution is 7.22. The number of hydrogen-bond donors (Lipinski definition) is 1. The molecule has 0 saturated carbocycles. The van der Waals surface area contributed by atoms with Crippen LogP contribution in [0, 0.1) is 25.2 Å². The van der Waals surface area contributed by atoms with Crippen LogP contribution in [0.15, 0.2) is 42.7 Å². The Morgan fingerprint density at radius 3 is 2.88 bits per heavy atom. The second-order valence-electron chi connectivity index (χ2n) is 9.09. The summed E-state index contributed by atoms with van der Waals surface area (Å²) in [5.41, 5.74) is 5.32. The van der Waals surface area contributed by atoms with Crippen LogP contribution in [0.5, 0.6) is 17.4 Å². The maximum atomic E-state index is 12.3. The zero-order valence-corrected chi connectivity index (χ0v) is 22.5. The molecule has 1 amide bonds. The van der Waals surface area contributed by atoms with Crippen molar-refractivity contribution in [2.24, 2.45) is 0 Å². The van der Waals surface area contributed by atoms with Crippen molar-refractivity contribution in [3.8, 4) is 34.0 Å². The summed E-state index contributed by atoms with van der Waals surface area (Å²) in [5, 5.41) is 13.0. The smallest absolute Gasteiger partial charge is 0.411 e. The first-order valence-electron chi connectivity index (χ1n) is 12.3. The highest BCUT2D eigenvalue weighted by Crippen LogP contribution is 2.46. The van der Waals surface area contributed by atoms with Crippen LogP contribution in [0.3, 0.4) is 0 Å². The van der Waals surface area contributed by atoms with Gasteiger partial charge in [0.25, 0.3) is 0 Å². The number of hydrogen-bond acceptors (Lipinski definition) is 11. The Bertz CT molecular complexity index is 1830. The fraction of sp³-hybridized carbons (Fsp3) is 0.214. The summed E-state index contributed by atoms with van der Waals surface area (Å²) in [6.07, 6.45) is 2.08. The highest BCUT2D eigenvalue weighted by Gasteiger charge is 2.27. The molecule has 4 heterocycles. The number of nitrogens with zero attached hydrogens (tertiary/aromatic N) is 5. The van der Waals surface area contributed by atoms with Crippen molar-refractivity contribution in [2.75, 3.05) is 25.6 Å². The Labute approximate surface area is 232 Å². The Hall–Kier alpha value is -5.02. The second-order valence-corrected chi connectivity index (χ2v) is 10.1. The lowest BCUT2D eigenvalue weighted by Gasteiger charge is -2.26. The Kier molecular flexibility index (Phi) is 6.49. The molecule has 200 valence electrons. The summed E-state index contributed by atoms with van der Waals surface area (Å²) < 4.78 is 23.6. The van der Waals surface area contributed by atoms with E-state index in [4.69, 9.17) is 23.9 Å². The first kappa shape index (κ1) is 25.3. The van der Waals surface area contributed by atoms with Gasteiger partial charge >= 0.3 is 6.09 Å². The zero-order chi connectivity index (χ0) is 27.8. The predicted octanol–water partition coefficient (Wildman–Crippen LogP) is 5.19. The third kappa shape index (κ3) is 4.78. The molecule has 1 aliphatic heterocycles. The van der Waals surface area contributed by atoms with E-state index in [2.05, 4.69) is 26.3 Å². The number of methoxy groups -OCH3 is 1. The van der Waals surface area contributed by atoms with E-state index in [1.54, 1.807) is 30.5 Å². The van der Waals surface area contributed by atoms with Gasteiger partial charge in [-0.3, -0.25) is 10.3 Å². The summed E-state index contributed by atoms with van der Waals surface area (Å²) >= 11 is 1.42. The number of aryl methyl sites for hydroxylation is 2. The lowest BCUT2D eigenvalue weighted by Crippen LogP contribution is -2.35. The topological polar surface area (TPSA) is 141 Å². The van der Waals surface area contributed by atoms with Crippen LogP contribution in [0.1, 0.15) is 16.8 Å². The fourth-order valence-corrected chi connectivity index (χ4v) is 5.53. The minimum Gasteiger partial charge on any atom is -0.484 e. The number of benzene rings is 2. The van der Waals surface area contributed by atoms with Crippen molar-refractivity contribution in [1.82, 2.24) is 19.9 Å². The first-order valence-corrected chi connectivity index (χ1v) is 13.1. The monoisotopic (exact) mass is 554 g/mol. The number of ether oxygens (including phenoxy) is 4. The van der Waals surface area contributed by atoms with E-state index in [0.29, 0.717) is 50.2 Å². The highest BCUT2D eigenvalue weighted by atomic mass is 32.1. The van der Waals surface area contributed by atoms with Crippen LogP contribution in [-0.2, 0) is 4.74 Å². The molecule has 0 spiro atoms. The van der Waals surface area contributed by atoms with Gasteiger partial charge in [0.15, 0.2) is 17.6 Å². The molecular weight excluding hydrogens is 532 g/mol. The summed E-state index contributed by atoms with van der Waals surface area (Å²) in [6.45, 7) is 3.98. The number of carbonyl (C=O) groups is 1. The molecule has 0 aliphatic carbocycles. The van der Waals surface area contributed by atoms with Gasteiger partial charge in [-0.15, -0.1) is 11.3 Å². The van der Waals surface area contributed by atoms with Crippen molar-refractivity contribution >= 4 is 44.4 Å². The van der Waals surface area contributed by atoms with Crippen molar-refractivity contribution in [3.05, 3.63) is 59.5 Å². The number of fused-ring (bicyclic) bond motifs is 4. The van der Waals surface area contributed by atoms with Crippen LogP contribution >= 0.6 is 11.3 Å². The van der Waals surface area contributed by atoms with E-state index < -0.39 is 12.2 Å². The fourth-order valence-electron chi connectivity index (χ4n) is 4.37.